The number of rotatable bonds is 2. The van der Waals surface area contributed by atoms with Gasteiger partial charge in [-0.2, -0.15) is 0 Å². The molecule has 2 heterocycles. The van der Waals surface area contributed by atoms with Crippen LogP contribution in [0.15, 0.2) is 67.0 Å². The van der Waals surface area contributed by atoms with Crippen LogP contribution in [0.5, 0.6) is 0 Å². The van der Waals surface area contributed by atoms with Crippen molar-refractivity contribution in [2.75, 3.05) is 0 Å². The van der Waals surface area contributed by atoms with Crippen molar-refractivity contribution in [3.05, 3.63) is 72.6 Å². The summed E-state index contributed by atoms with van der Waals surface area (Å²) in [6.07, 6.45) is 3.57. The number of aromatic nitrogens is 2. The Kier molecular flexibility index (Phi) is 4.07. The molecule has 0 N–H and O–H groups in total. The monoisotopic (exact) mass is 342 g/mol. The molecule has 0 aliphatic heterocycles. The van der Waals surface area contributed by atoms with E-state index in [0.717, 1.165) is 27.5 Å². The van der Waals surface area contributed by atoms with Gasteiger partial charge in [0.2, 0.25) is 0 Å². The van der Waals surface area contributed by atoms with Gasteiger partial charge in [-0.1, -0.05) is 36.4 Å². The second-order valence-corrected chi connectivity index (χ2v) is 5.39. The van der Waals surface area contributed by atoms with E-state index in [1.54, 1.807) is 12.4 Å². The zero-order valence-electron chi connectivity index (χ0n) is 11.9. The van der Waals surface area contributed by atoms with Crippen LogP contribution in [0.25, 0.3) is 27.5 Å². The second kappa shape index (κ2) is 6.03. The van der Waals surface area contributed by atoms with Gasteiger partial charge in [0.05, 0.1) is 22.3 Å². The molecule has 0 fully saturated rings. The average Bonchev–Trinajstić information content (AvgIpc) is 2.94. The fraction of sp³-hybridized carbons (Fsp3) is 0. The standard InChI is InChI=1S/C18H11ClN2O.ClH/c19-18(22)14-11-21(16-8-4-2-5-12(14)16)17-9-10-20-15-7-3-1-6-13(15)17;/h1-11H;1H. The lowest BCUT2D eigenvalue weighted by atomic mass is 10.2. The van der Waals surface area contributed by atoms with Crippen molar-refractivity contribution < 1.29 is 4.79 Å². The minimum Gasteiger partial charge on any atom is -0.315 e. The van der Waals surface area contributed by atoms with E-state index < -0.39 is 5.24 Å². The Morgan fingerprint density at radius 3 is 2.43 bits per heavy atom. The number of benzene rings is 2. The van der Waals surface area contributed by atoms with Gasteiger partial charge in [-0.05, 0) is 29.8 Å². The third-order valence-corrected chi connectivity index (χ3v) is 4.01. The Hall–Kier alpha value is -2.36. The maximum absolute atomic E-state index is 11.7. The van der Waals surface area contributed by atoms with Crippen LogP contribution in [0.4, 0.5) is 0 Å². The Balaban J connectivity index is 0.00000156. The second-order valence-electron chi connectivity index (χ2n) is 5.05. The Labute approximate surface area is 143 Å². The van der Waals surface area contributed by atoms with Gasteiger partial charge in [0.1, 0.15) is 0 Å². The van der Waals surface area contributed by atoms with Crippen LogP contribution in [0, 0.1) is 0 Å². The maximum atomic E-state index is 11.7. The predicted octanol–water partition coefficient (Wildman–Crippen LogP) is 4.98. The van der Waals surface area contributed by atoms with E-state index in [1.807, 2.05) is 59.2 Å². The van der Waals surface area contributed by atoms with Crippen LogP contribution in [0.1, 0.15) is 10.4 Å². The molecule has 23 heavy (non-hydrogen) atoms. The molecule has 0 saturated heterocycles. The first-order valence-corrected chi connectivity index (χ1v) is 7.27. The number of hydrogen-bond acceptors (Lipinski definition) is 2. The Bertz CT molecular complexity index is 1020. The van der Waals surface area contributed by atoms with Crippen LogP contribution in [-0.4, -0.2) is 14.8 Å². The molecule has 0 radical (unpaired) electrons. The van der Waals surface area contributed by atoms with Crippen LogP contribution < -0.4 is 0 Å². The number of hydrogen-bond donors (Lipinski definition) is 0. The van der Waals surface area contributed by atoms with Crippen molar-refractivity contribution in [3.63, 3.8) is 0 Å². The lowest BCUT2D eigenvalue weighted by molar-refractivity contribution is 0.108. The third kappa shape index (κ3) is 2.48. The number of nitrogens with zero attached hydrogens (tertiary/aromatic N) is 2. The fourth-order valence-corrected chi connectivity index (χ4v) is 2.98. The van der Waals surface area contributed by atoms with Gasteiger partial charge in [0.15, 0.2) is 0 Å². The molecule has 2 aromatic heterocycles. The highest BCUT2D eigenvalue weighted by Gasteiger charge is 2.15. The van der Waals surface area contributed by atoms with Crippen molar-refractivity contribution in [1.29, 1.82) is 0 Å². The van der Waals surface area contributed by atoms with Crippen LogP contribution >= 0.6 is 24.0 Å². The molecule has 2 aromatic carbocycles. The van der Waals surface area contributed by atoms with E-state index in [-0.39, 0.29) is 12.4 Å². The summed E-state index contributed by atoms with van der Waals surface area (Å²) in [5.41, 5.74) is 3.35. The molecule has 114 valence electrons. The fourth-order valence-electron chi connectivity index (χ4n) is 2.83. The lowest BCUT2D eigenvalue weighted by Gasteiger charge is -2.08. The zero-order chi connectivity index (χ0) is 15.1. The Morgan fingerprint density at radius 2 is 1.65 bits per heavy atom. The van der Waals surface area contributed by atoms with Crippen LogP contribution in [0.3, 0.4) is 0 Å². The van der Waals surface area contributed by atoms with Gasteiger partial charge in [-0.3, -0.25) is 9.78 Å². The molecule has 0 bridgehead atoms. The van der Waals surface area contributed by atoms with Gasteiger partial charge in [0, 0.05) is 23.2 Å². The van der Waals surface area contributed by atoms with Gasteiger partial charge in [-0.25, -0.2) is 0 Å². The van der Waals surface area contributed by atoms with E-state index >= 15 is 0 Å². The summed E-state index contributed by atoms with van der Waals surface area (Å²) < 4.78 is 2.00. The first-order chi connectivity index (χ1) is 10.8. The third-order valence-electron chi connectivity index (χ3n) is 3.81. The number of fused-ring (bicyclic) bond motifs is 2. The first kappa shape index (κ1) is 15.5. The molecule has 4 aromatic rings. The normalized spacial score (nSPS) is 10.7. The number of para-hydroxylation sites is 2. The zero-order valence-corrected chi connectivity index (χ0v) is 13.5. The first-order valence-electron chi connectivity index (χ1n) is 6.90. The number of carbonyl (C=O) groups is 1. The molecule has 0 aliphatic carbocycles. The predicted molar refractivity (Wildman–Crippen MR) is 96.0 cm³/mol. The molecule has 3 nitrogen and oxygen atoms in total. The SMILES string of the molecule is Cl.O=C(Cl)c1cn(-c2ccnc3ccccc23)c2ccccc12. The number of pyridine rings is 1. The molecule has 4 rings (SSSR count). The quantitative estimate of drug-likeness (QED) is 0.481. The lowest BCUT2D eigenvalue weighted by Crippen LogP contribution is -1.94. The molecule has 0 unspecified atom stereocenters. The maximum Gasteiger partial charge on any atom is 0.254 e. The molecule has 0 atom stereocenters. The highest BCUT2D eigenvalue weighted by Crippen LogP contribution is 2.29. The van der Waals surface area contributed by atoms with Crippen molar-refractivity contribution in [1.82, 2.24) is 9.55 Å². The van der Waals surface area contributed by atoms with Crippen molar-refractivity contribution in [2.24, 2.45) is 0 Å². The van der Waals surface area contributed by atoms with Gasteiger partial charge in [-0.15, -0.1) is 12.4 Å². The van der Waals surface area contributed by atoms with Gasteiger partial charge < -0.3 is 4.57 Å². The summed E-state index contributed by atoms with van der Waals surface area (Å²) >= 11 is 5.74. The largest absolute Gasteiger partial charge is 0.315 e. The highest BCUT2D eigenvalue weighted by atomic mass is 35.5. The summed E-state index contributed by atoms with van der Waals surface area (Å²) in [6.45, 7) is 0. The van der Waals surface area contributed by atoms with E-state index in [1.165, 1.54) is 0 Å². The van der Waals surface area contributed by atoms with Gasteiger partial charge in [0.25, 0.3) is 5.24 Å². The molecular formula is C18H12Cl2N2O. The van der Waals surface area contributed by atoms with Gasteiger partial charge >= 0.3 is 0 Å². The molecule has 0 spiro atoms. The number of carbonyl (C=O) groups excluding carboxylic acids is 1. The molecule has 5 heteroatoms. The van der Waals surface area contributed by atoms with E-state index in [2.05, 4.69) is 4.98 Å². The van der Waals surface area contributed by atoms with Crippen LogP contribution in [0.2, 0.25) is 0 Å². The summed E-state index contributed by atoms with van der Waals surface area (Å²) in [6, 6.07) is 17.6. The highest BCUT2D eigenvalue weighted by molar-refractivity contribution is 6.68. The average molecular weight is 343 g/mol. The van der Waals surface area contributed by atoms with Crippen molar-refractivity contribution in [2.45, 2.75) is 0 Å². The summed E-state index contributed by atoms with van der Waals surface area (Å²) in [5, 5.41) is 1.43. The molecule has 0 saturated carbocycles. The minimum atomic E-state index is -0.451. The molecule has 0 aliphatic rings. The smallest absolute Gasteiger partial charge is 0.254 e. The molecular weight excluding hydrogens is 331 g/mol. The summed E-state index contributed by atoms with van der Waals surface area (Å²) in [4.78, 5) is 16.1. The van der Waals surface area contributed by atoms with E-state index in [0.29, 0.717) is 5.56 Å². The van der Waals surface area contributed by atoms with E-state index in [4.69, 9.17) is 11.6 Å². The van der Waals surface area contributed by atoms with Crippen molar-refractivity contribution in [3.8, 4) is 5.69 Å². The van der Waals surface area contributed by atoms with Crippen LogP contribution in [-0.2, 0) is 0 Å². The Morgan fingerprint density at radius 1 is 0.957 bits per heavy atom. The minimum absolute atomic E-state index is 0. The topological polar surface area (TPSA) is 34.9 Å². The van der Waals surface area contributed by atoms with E-state index in [9.17, 15) is 4.79 Å². The molecule has 0 amide bonds. The number of halogens is 2. The summed E-state index contributed by atoms with van der Waals surface area (Å²) in [5.74, 6) is 0. The summed E-state index contributed by atoms with van der Waals surface area (Å²) in [7, 11) is 0. The van der Waals surface area contributed by atoms with Crippen molar-refractivity contribution >= 4 is 51.1 Å².